The van der Waals surface area contributed by atoms with E-state index in [1.165, 1.54) is 6.42 Å². The summed E-state index contributed by atoms with van der Waals surface area (Å²) in [6.45, 7) is 4.42. The number of hydrogen-bond donors (Lipinski definition) is 3. The minimum Gasteiger partial charge on any atom is -0.372 e. The van der Waals surface area contributed by atoms with Crippen LogP contribution in [0.4, 0.5) is 5.82 Å². The van der Waals surface area contributed by atoms with Crippen LogP contribution in [-0.4, -0.2) is 49.2 Å². The molecule has 0 amide bonds. The van der Waals surface area contributed by atoms with Crippen LogP contribution < -0.4 is 10.6 Å². The highest BCUT2D eigenvalue weighted by Gasteiger charge is 2.17. The monoisotopic (exact) mass is 208 g/mol. The van der Waals surface area contributed by atoms with E-state index in [1.54, 1.807) is 0 Å². The van der Waals surface area contributed by atoms with E-state index in [9.17, 15) is 0 Å². The molecule has 0 spiro atoms. The lowest BCUT2D eigenvalue weighted by molar-refractivity contribution is 0.194. The highest BCUT2D eigenvalue weighted by molar-refractivity contribution is 5.33. The number of nitrogens with zero attached hydrogens (tertiary/aromatic N) is 1. The number of nitrogens with one attached hydrogen (secondary N) is 3. The zero-order valence-electron chi connectivity index (χ0n) is 9.29. The first kappa shape index (κ1) is 10.5. The molecule has 1 aromatic rings. The molecule has 2 heterocycles. The van der Waals surface area contributed by atoms with Crippen LogP contribution in [0, 0.1) is 0 Å². The fourth-order valence-electron chi connectivity index (χ4n) is 2.00. The van der Waals surface area contributed by atoms with Crippen molar-refractivity contribution in [2.75, 3.05) is 38.5 Å². The lowest BCUT2D eigenvalue weighted by Gasteiger charge is -2.33. The molecule has 1 atom stereocenters. The number of hydrogen-bond acceptors (Lipinski definition) is 3. The molecule has 1 fully saturated rings. The van der Waals surface area contributed by atoms with E-state index in [1.807, 2.05) is 12.3 Å². The first-order chi connectivity index (χ1) is 7.36. The van der Waals surface area contributed by atoms with Crippen LogP contribution in [0.25, 0.3) is 0 Å². The second kappa shape index (κ2) is 5.19. The van der Waals surface area contributed by atoms with Gasteiger partial charge in [-0.3, -0.25) is 0 Å². The van der Waals surface area contributed by atoms with Crippen LogP contribution in [0.2, 0.25) is 0 Å². The Bertz CT molecular complexity index is 270. The van der Waals surface area contributed by atoms with Crippen LogP contribution >= 0.6 is 0 Å². The second-order valence-electron chi connectivity index (χ2n) is 4.14. The van der Waals surface area contributed by atoms with Gasteiger partial charge in [-0.15, -0.1) is 0 Å². The molecule has 0 aliphatic carbocycles. The van der Waals surface area contributed by atoms with Crippen LogP contribution in [0.1, 0.15) is 6.42 Å². The second-order valence-corrected chi connectivity index (χ2v) is 4.14. The smallest absolute Gasteiger partial charge is 0.103 e. The Hall–Kier alpha value is -1.00. The number of likely N-dealkylation sites (N-methyl/N-ethyl adjacent to an activating group) is 1. The van der Waals surface area contributed by atoms with Gasteiger partial charge in [0.1, 0.15) is 5.82 Å². The summed E-state index contributed by atoms with van der Waals surface area (Å²) in [4.78, 5) is 5.58. The Morgan fingerprint density at radius 1 is 1.60 bits per heavy atom. The summed E-state index contributed by atoms with van der Waals surface area (Å²) in [7, 11) is 2.21. The molecule has 0 bridgehead atoms. The topological polar surface area (TPSA) is 43.1 Å². The molecule has 0 saturated carbocycles. The van der Waals surface area contributed by atoms with E-state index in [0.717, 1.165) is 32.0 Å². The molecule has 1 aliphatic heterocycles. The Balaban J connectivity index is 1.68. The fraction of sp³-hybridized carbons (Fsp3) is 0.636. The summed E-state index contributed by atoms with van der Waals surface area (Å²) in [5, 5.41) is 6.81. The number of aromatic amines is 1. The molecule has 15 heavy (non-hydrogen) atoms. The molecule has 1 aromatic heterocycles. The molecule has 4 nitrogen and oxygen atoms in total. The third kappa shape index (κ3) is 2.97. The van der Waals surface area contributed by atoms with Crippen LogP contribution in [0.3, 0.4) is 0 Å². The minimum atomic E-state index is 0.668. The molecule has 1 unspecified atom stereocenters. The lowest BCUT2D eigenvalue weighted by Crippen LogP contribution is -2.49. The Labute approximate surface area is 91.0 Å². The molecule has 3 N–H and O–H groups in total. The molecule has 1 aliphatic rings. The van der Waals surface area contributed by atoms with Crippen molar-refractivity contribution < 1.29 is 0 Å². The van der Waals surface area contributed by atoms with Gasteiger partial charge in [0.05, 0.1) is 0 Å². The zero-order chi connectivity index (χ0) is 10.5. The van der Waals surface area contributed by atoms with Crippen molar-refractivity contribution in [1.82, 2.24) is 15.2 Å². The van der Waals surface area contributed by atoms with Gasteiger partial charge >= 0.3 is 0 Å². The maximum atomic E-state index is 3.43. The van der Waals surface area contributed by atoms with Gasteiger partial charge in [0.15, 0.2) is 0 Å². The maximum Gasteiger partial charge on any atom is 0.103 e. The van der Waals surface area contributed by atoms with Crippen molar-refractivity contribution in [2.24, 2.45) is 0 Å². The van der Waals surface area contributed by atoms with Crippen LogP contribution in [0.5, 0.6) is 0 Å². The van der Waals surface area contributed by atoms with Gasteiger partial charge in [0.25, 0.3) is 0 Å². The van der Waals surface area contributed by atoms with E-state index in [-0.39, 0.29) is 0 Å². The van der Waals surface area contributed by atoms with Crippen LogP contribution in [-0.2, 0) is 0 Å². The zero-order valence-corrected chi connectivity index (χ0v) is 9.29. The van der Waals surface area contributed by atoms with Gasteiger partial charge in [-0.1, -0.05) is 0 Å². The van der Waals surface area contributed by atoms with E-state index < -0.39 is 0 Å². The standard InChI is InChI=1S/C11H20N4/c1-15-8-7-12-9-10(15)4-6-14-11-3-2-5-13-11/h2-3,5,10,12-14H,4,6-9H2,1H3. The first-order valence-corrected chi connectivity index (χ1v) is 5.64. The number of aromatic nitrogens is 1. The number of H-pyrrole nitrogens is 1. The SMILES string of the molecule is CN1CCNCC1CCNc1ccc[nH]1. The summed E-state index contributed by atoms with van der Waals surface area (Å²) < 4.78 is 0. The van der Waals surface area contributed by atoms with Gasteiger partial charge in [0.2, 0.25) is 0 Å². The quantitative estimate of drug-likeness (QED) is 0.683. The molecular weight excluding hydrogens is 188 g/mol. The third-order valence-electron chi connectivity index (χ3n) is 3.04. The molecule has 2 rings (SSSR count). The van der Waals surface area contributed by atoms with Gasteiger partial charge < -0.3 is 20.5 Å². The Morgan fingerprint density at radius 2 is 2.53 bits per heavy atom. The number of piperazine rings is 1. The summed E-state index contributed by atoms with van der Waals surface area (Å²) in [6, 6.07) is 4.74. The Morgan fingerprint density at radius 3 is 3.27 bits per heavy atom. The van der Waals surface area contributed by atoms with Crippen molar-refractivity contribution in [3.8, 4) is 0 Å². The van der Waals surface area contributed by atoms with Gasteiger partial charge in [0, 0.05) is 38.4 Å². The van der Waals surface area contributed by atoms with Crippen LogP contribution in [0.15, 0.2) is 18.3 Å². The minimum absolute atomic E-state index is 0.668. The first-order valence-electron chi connectivity index (χ1n) is 5.64. The highest BCUT2D eigenvalue weighted by Crippen LogP contribution is 2.06. The maximum absolute atomic E-state index is 3.43. The molecule has 0 radical (unpaired) electrons. The average Bonchev–Trinajstić information content (AvgIpc) is 2.74. The lowest BCUT2D eigenvalue weighted by atomic mass is 10.1. The van der Waals surface area contributed by atoms with E-state index >= 15 is 0 Å². The predicted molar refractivity (Wildman–Crippen MR) is 63.2 cm³/mol. The van der Waals surface area contributed by atoms with Gasteiger partial charge in [-0.25, -0.2) is 0 Å². The molecular formula is C11H20N4. The third-order valence-corrected chi connectivity index (χ3v) is 3.04. The van der Waals surface area contributed by atoms with Crippen molar-refractivity contribution >= 4 is 5.82 Å². The average molecular weight is 208 g/mol. The van der Waals surface area contributed by atoms with Crippen molar-refractivity contribution in [3.63, 3.8) is 0 Å². The van der Waals surface area contributed by atoms with E-state index in [4.69, 9.17) is 0 Å². The molecule has 4 heteroatoms. The van der Waals surface area contributed by atoms with Gasteiger partial charge in [-0.05, 0) is 25.6 Å². The summed E-state index contributed by atoms with van der Waals surface area (Å²) in [6.07, 6.45) is 3.12. The van der Waals surface area contributed by atoms with Crippen molar-refractivity contribution in [1.29, 1.82) is 0 Å². The highest BCUT2D eigenvalue weighted by atomic mass is 15.2. The molecule has 84 valence electrons. The predicted octanol–water partition coefficient (Wildman–Crippen LogP) is 0.720. The fourth-order valence-corrected chi connectivity index (χ4v) is 2.00. The Kier molecular flexibility index (Phi) is 3.64. The molecule has 1 saturated heterocycles. The summed E-state index contributed by atoms with van der Waals surface area (Å²) >= 11 is 0. The van der Waals surface area contributed by atoms with Crippen molar-refractivity contribution in [2.45, 2.75) is 12.5 Å². The number of rotatable bonds is 4. The van der Waals surface area contributed by atoms with Crippen molar-refractivity contribution in [3.05, 3.63) is 18.3 Å². The largest absolute Gasteiger partial charge is 0.372 e. The summed E-state index contributed by atoms with van der Waals surface area (Å²) in [5.74, 6) is 1.11. The van der Waals surface area contributed by atoms with E-state index in [2.05, 4.69) is 33.6 Å². The normalized spacial score (nSPS) is 22.9. The number of anilines is 1. The molecule has 0 aromatic carbocycles. The summed E-state index contributed by atoms with van der Waals surface area (Å²) in [5.41, 5.74) is 0. The van der Waals surface area contributed by atoms with Gasteiger partial charge in [-0.2, -0.15) is 0 Å². The van der Waals surface area contributed by atoms with E-state index in [0.29, 0.717) is 6.04 Å².